The largest absolute Gasteiger partial charge is 0.503 e. The number of benzene rings is 2. The van der Waals surface area contributed by atoms with Crippen molar-refractivity contribution in [3.8, 4) is 5.75 Å². The number of carbonyl (C=O) groups is 2. The molecule has 2 aliphatic rings. The first-order valence-corrected chi connectivity index (χ1v) is 10.7. The van der Waals surface area contributed by atoms with Crippen LogP contribution in [0.1, 0.15) is 49.1 Å². The van der Waals surface area contributed by atoms with Crippen molar-refractivity contribution < 1.29 is 19.1 Å². The number of hydrogen-bond donors (Lipinski definition) is 2. The van der Waals surface area contributed by atoms with Crippen LogP contribution in [0.25, 0.3) is 0 Å². The molecular formula is C25H22FN3O4. The van der Waals surface area contributed by atoms with Crippen LogP contribution < -0.4 is 10.7 Å². The molecule has 2 N–H and O–H groups in total. The molecule has 1 atom stereocenters. The maximum absolute atomic E-state index is 14.1. The van der Waals surface area contributed by atoms with E-state index in [1.165, 1.54) is 12.3 Å². The molecule has 5 rings (SSSR count). The maximum atomic E-state index is 14.1. The van der Waals surface area contributed by atoms with E-state index in [1.807, 2.05) is 24.3 Å². The first-order chi connectivity index (χ1) is 15.8. The lowest BCUT2D eigenvalue weighted by molar-refractivity contribution is 0.0653. The Kier molecular flexibility index (Phi) is 5.00. The summed E-state index contributed by atoms with van der Waals surface area (Å²) in [6, 6.07) is 12.2. The fraction of sp³-hybridized carbons (Fsp3) is 0.240. The minimum atomic E-state index is -0.922. The molecule has 0 saturated heterocycles. The number of nitrogens with zero attached hydrogens (tertiary/aromatic N) is 2. The Labute approximate surface area is 189 Å². The molecule has 0 aliphatic carbocycles. The van der Waals surface area contributed by atoms with Crippen LogP contribution in [0, 0.1) is 12.7 Å². The summed E-state index contributed by atoms with van der Waals surface area (Å²) < 4.78 is 15.7. The summed E-state index contributed by atoms with van der Waals surface area (Å²) in [4.78, 5) is 40.3. The molecule has 2 aliphatic heterocycles. The van der Waals surface area contributed by atoms with Gasteiger partial charge < -0.3 is 19.9 Å². The normalized spacial score (nSPS) is 16.6. The zero-order chi connectivity index (χ0) is 23.3. The Morgan fingerprint density at radius 1 is 1.18 bits per heavy atom. The number of aryl methyl sites for hydroxylation is 1. The van der Waals surface area contributed by atoms with E-state index < -0.39 is 28.8 Å². The van der Waals surface area contributed by atoms with Crippen LogP contribution in [0.5, 0.6) is 5.75 Å². The third-order valence-corrected chi connectivity index (χ3v) is 6.35. The number of halogens is 1. The summed E-state index contributed by atoms with van der Waals surface area (Å²) in [6.07, 6.45) is 1.93. The van der Waals surface area contributed by atoms with E-state index in [1.54, 1.807) is 28.5 Å². The Morgan fingerprint density at radius 2 is 1.94 bits per heavy atom. The summed E-state index contributed by atoms with van der Waals surface area (Å²) in [7, 11) is 0. The van der Waals surface area contributed by atoms with Crippen LogP contribution in [0.4, 0.5) is 4.39 Å². The molecule has 2 bridgehead atoms. The summed E-state index contributed by atoms with van der Waals surface area (Å²) >= 11 is 0. The van der Waals surface area contributed by atoms with Gasteiger partial charge in [0.2, 0.25) is 5.43 Å². The third-order valence-electron chi connectivity index (χ3n) is 6.35. The van der Waals surface area contributed by atoms with E-state index in [9.17, 15) is 23.9 Å². The highest BCUT2D eigenvalue weighted by Crippen LogP contribution is 2.33. The van der Waals surface area contributed by atoms with Crippen molar-refractivity contribution in [3.63, 3.8) is 0 Å². The SMILES string of the molecule is Cc1ccc(CNC(=O)c2cn3c(c(O)c2=O)C(=O)N2Cc4ccccc4C[C@H]3C2)c(F)c1. The van der Waals surface area contributed by atoms with Gasteiger partial charge in [0.05, 0.1) is 6.04 Å². The van der Waals surface area contributed by atoms with E-state index in [0.717, 1.165) is 16.7 Å². The molecule has 8 heteroatoms. The Bertz CT molecular complexity index is 1360. The van der Waals surface area contributed by atoms with Crippen molar-refractivity contribution in [2.45, 2.75) is 32.5 Å². The average molecular weight is 447 g/mol. The maximum Gasteiger partial charge on any atom is 0.274 e. The predicted octanol–water partition coefficient (Wildman–Crippen LogP) is 2.68. The molecule has 33 heavy (non-hydrogen) atoms. The monoisotopic (exact) mass is 447 g/mol. The molecule has 0 unspecified atom stereocenters. The molecule has 3 aromatic rings. The van der Waals surface area contributed by atoms with Crippen molar-refractivity contribution in [2.75, 3.05) is 6.54 Å². The van der Waals surface area contributed by atoms with Crippen LogP contribution in [0.15, 0.2) is 53.5 Å². The van der Waals surface area contributed by atoms with E-state index in [4.69, 9.17) is 0 Å². The standard InChI is InChI=1S/C25H22FN3O4/c1-14-6-7-16(20(26)8-14)10-27-24(32)19-13-29-18-9-15-4-2-3-5-17(15)11-28(12-18)25(33)21(29)23(31)22(19)30/h2-8,13,18,31H,9-12H2,1H3,(H,27,32)/t18-/m0/s1. The van der Waals surface area contributed by atoms with Gasteiger partial charge in [-0.3, -0.25) is 14.4 Å². The molecule has 1 aromatic heterocycles. The zero-order valence-corrected chi connectivity index (χ0v) is 18.0. The van der Waals surface area contributed by atoms with Crippen LogP contribution >= 0.6 is 0 Å². The fourth-order valence-corrected chi connectivity index (χ4v) is 4.59. The fourth-order valence-electron chi connectivity index (χ4n) is 4.59. The van der Waals surface area contributed by atoms with Gasteiger partial charge in [-0.05, 0) is 36.1 Å². The van der Waals surface area contributed by atoms with Gasteiger partial charge in [0.15, 0.2) is 11.4 Å². The highest BCUT2D eigenvalue weighted by atomic mass is 19.1. The Morgan fingerprint density at radius 3 is 2.70 bits per heavy atom. The van der Waals surface area contributed by atoms with E-state index in [2.05, 4.69) is 5.32 Å². The minimum absolute atomic E-state index is 0.106. The van der Waals surface area contributed by atoms with Crippen molar-refractivity contribution in [1.29, 1.82) is 0 Å². The molecule has 0 radical (unpaired) electrons. The predicted molar refractivity (Wildman–Crippen MR) is 119 cm³/mol. The van der Waals surface area contributed by atoms with E-state index in [-0.39, 0.29) is 29.4 Å². The average Bonchev–Trinajstić information content (AvgIpc) is 2.96. The van der Waals surface area contributed by atoms with Gasteiger partial charge in [0, 0.05) is 31.4 Å². The van der Waals surface area contributed by atoms with E-state index >= 15 is 0 Å². The molecule has 7 nitrogen and oxygen atoms in total. The summed E-state index contributed by atoms with van der Waals surface area (Å²) in [5, 5.41) is 13.2. The topological polar surface area (TPSA) is 91.6 Å². The van der Waals surface area contributed by atoms with Crippen LogP contribution in [-0.4, -0.2) is 32.9 Å². The lowest BCUT2D eigenvalue weighted by atomic mass is 10.0. The number of fused-ring (bicyclic) bond motifs is 5. The van der Waals surface area contributed by atoms with Gasteiger partial charge in [0.1, 0.15) is 11.4 Å². The molecular weight excluding hydrogens is 425 g/mol. The van der Waals surface area contributed by atoms with Crippen LogP contribution in [-0.2, 0) is 19.5 Å². The number of aromatic nitrogens is 1. The van der Waals surface area contributed by atoms with Gasteiger partial charge in [-0.25, -0.2) is 4.39 Å². The van der Waals surface area contributed by atoms with Crippen LogP contribution in [0.2, 0.25) is 0 Å². The molecule has 168 valence electrons. The van der Waals surface area contributed by atoms with Gasteiger partial charge in [-0.15, -0.1) is 0 Å². The summed E-state index contributed by atoms with van der Waals surface area (Å²) in [5.41, 5.74) is 1.81. The van der Waals surface area contributed by atoms with Crippen molar-refractivity contribution in [2.24, 2.45) is 0 Å². The highest BCUT2D eigenvalue weighted by Gasteiger charge is 2.37. The van der Waals surface area contributed by atoms with Crippen molar-refractivity contribution in [1.82, 2.24) is 14.8 Å². The molecule has 3 heterocycles. The number of rotatable bonds is 3. The third kappa shape index (κ3) is 3.57. The first-order valence-electron chi connectivity index (χ1n) is 10.7. The number of amides is 2. The Hall–Kier alpha value is -3.94. The van der Waals surface area contributed by atoms with E-state index in [0.29, 0.717) is 19.5 Å². The van der Waals surface area contributed by atoms with Crippen LogP contribution in [0.3, 0.4) is 0 Å². The van der Waals surface area contributed by atoms with Crippen molar-refractivity contribution in [3.05, 3.63) is 98.2 Å². The van der Waals surface area contributed by atoms with Gasteiger partial charge in [-0.2, -0.15) is 0 Å². The molecule has 2 amide bonds. The second-order valence-corrected chi connectivity index (χ2v) is 8.57. The lowest BCUT2D eigenvalue weighted by Crippen LogP contribution is -2.44. The second kappa shape index (κ2) is 7.88. The quantitative estimate of drug-likeness (QED) is 0.646. The zero-order valence-electron chi connectivity index (χ0n) is 18.0. The molecule has 0 saturated carbocycles. The number of nitrogens with one attached hydrogen (secondary N) is 1. The summed E-state index contributed by atoms with van der Waals surface area (Å²) in [6.45, 7) is 2.44. The van der Waals surface area contributed by atoms with Crippen molar-refractivity contribution >= 4 is 11.8 Å². The summed E-state index contributed by atoms with van der Waals surface area (Å²) in [5.74, 6) is -2.39. The van der Waals surface area contributed by atoms with Gasteiger partial charge in [0.25, 0.3) is 11.8 Å². The Balaban J connectivity index is 1.50. The molecule has 0 fully saturated rings. The first kappa shape index (κ1) is 20.9. The van der Waals surface area contributed by atoms with Gasteiger partial charge in [-0.1, -0.05) is 36.4 Å². The second-order valence-electron chi connectivity index (χ2n) is 8.57. The molecule has 2 aromatic carbocycles. The highest BCUT2D eigenvalue weighted by molar-refractivity contribution is 5.99. The number of hydrogen-bond acceptors (Lipinski definition) is 4. The van der Waals surface area contributed by atoms with Gasteiger partial charge >= 0.3 is 0 Å². The smallest absolute Gasteiger partial charge is 0.274 e. The number of pyridine rings is 1. The number of aromatic hydroxyl groups is 1. The number of carbonyl (C=O) groups excluding carboxylic acids is 2. The molecule has 0 spiro atoms. The lowest BCUT2D eigenvalue weighted by Gasteiger charge is -2.34. The minimum Gasteiger partial charge on any atom is -0.503 e.